The van der Waals surface area contributed by atoms with Crippen molar-refractivity contribution in [3.63, 3.8) is 0 Å². The maximum absolute atomic E-state index is 11.3. The number of carboxylic acid groups (broad SMARTS) is 1. The lowest BCUT2D eigenvalue weighted by molar-refractivity contribution is -0.140. The van der Waals surface area contributed by atoms with Crippen molar-refractivity contribution < 1.29 is 18.3 Å². The standard InChI is InChI=1S/C7H15NO4S/c1-4-5-13(11,12)8(3)6(2)7(9)10/h6H,4-5H2,1-3H3,(H,9,10). The van der Waals surface area contributed by atoms with Crippen LogP contribution in [-0.2, 0) is 14.8 Å². The molecule has 5 nitrogen and oxygen atoms in total. The van der Waals surface area contributed by atoms with Gasteiger partial charge in [0.1, 0.15) is 6.04 Å². The summed E-state index contributed by atoms with van der Waals surface area (Å²) in [6.45, 7) is 3.08. The number of hydrogen-bond donors (Lipinski definition) is 1. The Labute approximate surface area is 78.4 Å². The fourth-order valence-electron chi connectivity index (χ4n) is 0.798. The summed E-state index contributed by atoms with van der Waals surface area (Å²) in [4.78, 5) is 10.5. The average Bonchev–Trinajstić information content (AvgIpc) is 2.01. The molecule has 0 aliphatic carbocycles. The van der Waals surface area contributed by atoms with Gasteiger partial charge in [-0.3, -0.25) is 4.79 Å². The monoisotopic (exact) mass is 209 g/mol. The Morgan fingerprint density at radius 1 is 1.54 bits per heavy atom. The van der Waals surface area contributed by atoms with Gasteiger partial charge in [0.05, 0.1) is 5.75 Å². The van der Waals surface area contributed by atoms with E-state index in [-0.39, 0.29) is 5.75 Å². The van der Waals surface area contributed by atoms with Gasteiger partial charge in [0.2, 0.25) is 10.0 Å². The third kappa shape index (κ3) is 3.31. The van der Waals surface area contributed by atoms with Gasteiger partial charge in [-0.1, -0.05) is 6.92 Å². The summed E-state index contributed by atoms with van der Waals surface area (Å²) >= 11 is 0. The number of rotatable bonds is 5. The molecule has 0 rings (SSSR count). The Balaban J connectivity index is 4.59. The lowest BCUT2D eigenvalue weighted by Crippen LogP contribution is -2.41. The van der Waals surface area contributed by atoms with Crippen molar-refractivity contribution in [3.8, 4) is 0 Å². The van der Waals surface area contributed by atoms with Crippen LogP contribution in [-0.4, -0.2) is 42.6 Å². The minimum Gasteiger partial charge on any atom is -0.480 e. The van der Waals surface area contributed by atoms with Crippen molar-refractivity contribution in [3.05, 3.63) is 0 Å². The van der Waals surface area contributed by atoms with Gasteiger partial charge in [-0.2, -0.15) is 4.31 Å². The predicted molar refractivity (Wildman–Crippen MR) is 48.9 cm³/mol. The number of hydrogen-bond acceptors (Lipinski definition) is 3. The molecule has 13 heavy (non-hydrogen) atoms. The van der Waals surface area contributed by atoms with Gasteiger partial charge in [-0.05, 0) is 13.3 Å². The van der Waals surface area contributed by atoms with E-state index in [0.29, 0.717) is 6.42 Å². The molecule has 1 atom stereocenters. The van der Waals surface area contributed by atoms with Crippen molar-refractivity contribution >= 4 is 16.0 Å². The minimum absolute atomic E-state index is 0.0128. The first-order valence-corrected chi connectivity index (χ1v) is 5.62. The second-order valence-corrected chi connectivity index (χ2v) is 4.99. The molecule has 0 spiro atoms. The Kier molecular flexibility index (Phi) is 4.35. The van der Waals surface area contributed by atoms with Crippen molar-refractivity contribution in [2.75, 3.05) is 12.8 Å². The lowest BCUT2D eigenvalue weighted by atomic mass is 10.4. The van der Waals surface area contributed by atoms with Gasteiger partial charge in [0.15, 0.2) is 0 Å². The summed E-state index contributed by atoms with van der Waals surface area (Å²) in [5.41, 5.74) is 0. The van der Waals surface area contributed by atoms with E-state index in [1.54, 1.807) is 6.92 Å². The van der Waals surface area contributed by atoms with Gasteiger partial charge in [-0.25, -0.2) is 8.42 Å². The SMILES string of the molecule is CCCS(=O)(=O)N(C)C(C)C(=O)O. The molecule has 0 aliphatic heterocycles. The quantitative estimate of drug-likeness (QED) is 0.698. The first-order chi connectivity index (χ1) is 5.83. The maximum Gasteiger partial charge on any atom is 0.321 e. The summed E-state index contributed by atoms with van der Waals surface area (Å²) in [6, 6.07) is -1.00. The predicted octanol–water partition coefficient (Wildman–Crippen LogP) is 0.131. The number of likely N-dealkylation sites (N-methyl/N-ethyl adjacent to an activating group) is 1. The van der Waals surface area contributed by atoms with Crippen LogP contribution in [0, 0.1) is 0 Å². The van der Waals surface area contributed by atoms with Crippen molar-refractivity contribution in [1.29, 1.82) is 0 Å². The number of carboxylic acids is 1. The Hall–Kier alpha value is -0.620. The third-order valence-electron chi connectivity index (χ3n) is 1.80. The molecular weight excluding hydrogens is 194 g/mol. The third-order valence-corrected chi connectivity index (χ3v) is 3.92. The molecule has 1 N–H and O–H groups in total. The highest BCUT2D eigenvalue weighted by Gasteiger charge is 2.26. The highest BCUT2D eigenvalue weighted by atomic mass is 32.2. The molecule has 78 valence electrons. The number of aliphatic carboxylic acids is 1. The van der Waals surface area contributed by atoms with E-state index < -0.39 is 22.0 Å². The van der Waals surface area contributed by atoms with Crippen LogP contribution in [0.25, 0.3) is 0 Å². The molecule has 0 heterocycles. The van der Waals surface area contributed by atoms with Crippen LogP contribution in [0.2, 0.25) is 0 Å². The largest absolute Gasteiger partial charge is 0.480 e. The molecule has 0 aliphatic rings. The molecular formula is C7H15NO4S. The van der Waals surface area contributed by atoms with Crippen LogP contribution < -0.4 is 0 Å². The maximum atomic E-state index is 11.3. The molecule has 0 aromatic heterocycles. The fourth-order valence-corrected chi connectivity index (χ4v) is 2.17. The zero-order chi connectivity index (χ0) is 10.6. The van der Waals surface area contributed by atoms with Gasteiger partial charge in [0, 0.05) is 7.05 Å². The van der Waals surface area contributed by atoms with Crippen LogP contribution >= 0.6 is 0 Å². The molecule has 0 saturated heterocycles. The van der Waals surface area contributed by atoms with Gasteiger partial charge >= 0.3 is 5.97 Å². The first-order valence-electron chi connectivity index (χ1n) is 4.01. The van der Waals surface area contributed by atoms with E-state index in [1.807, 2.05) is 0 Å². The highest BCUT2D eigenvalue weighted by molar-refractivity contribution is 7.89. The number of sulfonamides is 1. The summed E-state index contributed by atoms with van der Waals surface area (Å²) in [5.74, 6) is -1.15. The van der Waals surface area contributed by atoms with Crippen molar-refractivity contribution in [2.24, 2.45) is 0 Å². The molecule has 0 fully saturated rings. The molecule has 0 aromatic carbocycles. The van der Waals surface area contributed by atoms with Crippen molar-refractivity contribution in [1.82, 2.24) is 4.31 Å². The Morgan fingerprint density at radius 3 is 2.31 bits per heavy atom. The van der Waals surface area contributed by atoms with E-state index in [9.17, 15) is 13.2 Å². The Bertz CT molecular complexity index is 272. The number of nitrogens with zero attached hydrogens (tertiary/aromatic N) is 1. The van der Waals surface area contributed by atoms with Gasteiger partial charge in [-0.15, -0.1) is 0 Å². The summed E-state index contributed by atoms with van der Waals surface area (Å²) in [5, 5.41) is 8.58. The second-order valence-electron chi connectivity index (χ2n) is 2.85. The van der Waals surface area contributed by atoms with E-state index in [2.05, 4.69) is 0 Å². The van der Waals surface area contributed by atoms with Crippen molar-refractivity contribution in [2.45, 2.75) is 26.3 Å². The first kappa shape index (κ1) is 12.4. The summed E-state index contributed by atoms with van der Waals surface area (Å²) < 4.78 is 23.6. The van der Waals surface area contributed by atoms with Crippen LogP contribution in [0.15, 0.2) is 0 Å². The molecule has 0 aromatic rings. The van der Waals surface area contributed by atoms with E-state index >= 15 is 0 Å². The number of carbonyl (C=O) groups is 1. The average molecular weight is 209 g/mol. The van der Waals surface area contributed by atoms with E-state index in [4.69, 9.17) is 5.11 Å². The van der Waals surface area contributed by atoms with Gasteiger partial charge in [0.25, 0.3) is 0 Å². The molecule has 6 heteroatoms. The zero-order valence-corrected chi connectivity index (χ0v) is 8.84. The molecule has 0 saturated carbocycles. The molecule has 0 radical (unpaired) electrons. The molecule has 0 bridgehead atoms. The molecule has 0 amide bonds. The van der Waals surface area contributed by atoms with Crippen LogP contribution in [0.3, 0.4) is 0 Å². The van der Waals surface area contributed by atoms with E-state index in [0.717, 1.165) is 4.31 Å². The van der Waals surface area contributed by atoms with Crippen LogP contribution in [0.1, 0.15) is 20.3 Å². The van der Waals surface area contributed by atoms with Crippen LogP contribution in [0.5, 0.6) is 0 Å². The van der Waals surface area contributed by atoms with E-state index in [1.165, 1.54) is 14.0 Å². The topological polar surface area (TPSA) is 74.7 Å². The Morgan fingerprint density at radius 2 is 2.00 bits per heavy atom. The minimum atomic E-state index is -3.40. The summed E-state index contributed by atoms with van der Waals surface area (Å²) in [6.07, 6.45) is 0.485. The molecule has 1 unspecified atom stereocenters. The lowest BCUT2D eigenvalue weighted by Gasteiger charge is -2.20. The van der Waals surface area contributed by atoms with Crippen LogP contribution in [0.4, 0.5) is 0 Å². The smallest absolute Gasteiger partial charge is 0.321 e. The zero-order valence-electron chi connectivity index (χ0n) is 8.02. The fraction of sp³-hybridized carbons (Fsp3) is 0.857. The summed E-state index contributed by atoms with van der Waals surface area (Å²) in [7, 11) is -2.12. The normalized spacial score (nSPS) is 14.5. The van der Waals surface area contributed by atoms with Gasteiger partial charge < -0.3 is 5.11 Å². The second kappa shape index (κ2) is 4.57. The highest BCUT2D eigenvalue weighted by Crippen LogP contribution is 2.05.